The summed E-state index contributed by atoms with van der Waals surface area (Å²) < 4.78 is 27.3. The highest BCUT2D eigenvalue weighted by atomic mass is 32.2. The number of rotatable bonds is 4. The second-order valence-electron chi connectivity index (χ2n) is 4.72. The third kappa shape index (κ3) is 3.66. The van der Waals surface area contributed by atoms with E-state index in [2.05, 4.69) is 15.5 Å². The zero-order chi connectivity index (χ0) is 15.6. The Labute approximate surface area is 122 Å². The van der Waals surface area contributed by atoms with E-state index in [1.165, 1.54) is 0 Å². The summed E-state index contributed by atoms with van der Waals surface area (Å²) in [4.78, 5) is 12.0. The number of nitrogens with zero attached hydrogens (tertiary/aromatic N) is 2. The van der Waals surface area contributed by atoms with Crippen LogP contribution < -0.4 is 5.32 Å². The minimum absolute atomic E-state index is 0.0335. The third-order valence-corrected chi connectivity index (χ3v) is 3.73. The number of amides is 1. The van der Waals surface area contributed by atoms with Crippen molar-refractivity contribution in [2.24, 2.45) is 0 Å². The average Bonchev–Trinajstić information content (AvgIpc) is 2.88. The summed E-state index contributed by atoms with van der Waals surface area (Å²) in [6.07, 6.45) is 0.970. The van der Waals surface area contributed by atoms with Gasteiger partial charge in [0.05, 0.1) is 6.54 Å². The largest absolute Gasteiger partial charge is 0.411 e. The normalized spacial score (nSPS) is 11.4. The van der Waals surface area contributed by atoms with Gasteiger partial charge in [-0.3, -0.25) is 4.79 Å². The quantitative estimate of drug-likeness (QED) is 0.904. The summed E-state index contributed by atoms with van der Waals surface area (Å²) in [6.45, 7) is 3.85. The molecule has 0 saturated carbocycles. The first-order chi connectivity index (χ1) is 9.77. The molecular formula is C13H15N3O4S. The van der Waals surface area contributed by atoms with Gasteiger partial charge in [-0.2, -0.15) is 0 Å². The van der Waals surface area contributed by atoms with Crippen molar-refractivity contribution in [2.75, 3.05) is 6.26 Å². The summed E-state index contributed by atoms with van der Waals surface area (Å²) in [6, 6.07) is 5.35. The monoisotopic (exact) mass is 309 g/mol. The van der Waals surface area contributed by atoms with Gasteiger partial charge in [-0.05, 0) is 37.1 Å². The van der Waals surface area contributed by atoms with Gasteiger partial charge in [0.15, 0.2) is 0 Å². The highest BCUT2D eigenvalue weighted by Crippen LogP contribution is 2.10. The van der Waals surface area contributed by atoms with Gasteiger partial charge in [-0.25, -0.2) is 8.42 Å². The van der Waals surface area contributed by atoms with Gasteiger partial charge in [0.1, 0.15) is 0 Å². The highest BCUT2D eigenvalue weighted by molar-refractivity contribution is 7.90. The van der Waals surface area contributed by atoms with Gasteiger partial charge >= 0.3 is 5.22 Å². The zero-order valence-electron chi connectivity index (χ0n) is 11.9. The molecule has 1 aromatic carbocycles. The maximum absolute atomic E-state index is 12.0. The number of aromatic nitrogens is 2. The lowest BCUT2D eigenvalue weighted by atomic mass is 10.1. The molecule has 0 fully saturated rings. The molecule has 2 aromatic rings. The van der Waals surface area contributed by atoms with Crippen molar-refractivity contribution in [1.29, 1.82) is 0 Å². The van der Waals surface area contributed by atoms with Crippen molar-refractivity contribution < 1.29 is 17.6 Å². The molecule has 0 aliphatic heterocycles. The molecule has 112 valence electrons. The second kappa shape index (κ2) is 5.65. The van der Waals surface area contributed by atoms with Crippen molar-refractivity contribution in [3.05, 3.63) is 40.8 Å². The van der Waals surface area contributed by atoms with Crippen molar-refractivity contribution in [3.63, 3.8) is 0 Å². The van der Waals surface area contributed by atoms with Crippen molar-refractivity contribution in [1.82, 2.24) is 15.5 Å². The van der Waals surface area contributed by atoms with E-state index in [1.807, 2.05) is 19.9 Å². The molecule has 0 bridgehead atoms. The van der Waals surface area contributed by atoms with E-state index in [0.717, 1.165) is 17.4 Å². The van der Waals surface area contributed by atoms with E-state index in [4.69, 9.17) is 4.42 Å². The highest BCUT2D eigenvalue weighted by Gasteiger charge is 2.17. The number of hydrogen-bond acceptors (Lipinski definition) is 6. The number of carbonyl (C=O) groups excluding carboxylic acids is 1. The summed E-state index contributed by atoms with van der Waals surface area (Å²) in [5, 5.41) is 9.11. The van der Waals surface area contributed by atoms with Crippen LogP contribution in [0.15, 0.2) is 27.8 Å². The van der Waals surface area contributed by atoms with Crippen LogP contribution in [0.4, 0.5) is 0 Å². The minimum atomic E-state index is -3.54. The predicted molar refractivity (Wildman–Crippen MR) is 74.5 cm³/mol. The van der Waals surface area contributed by atoms with Crippen LogP contribution in [0.25, 0.3) is 0 Å². The van der Waals surface area contributed by atoms with E-state index < -0.39 is 15.1 Å². The van der Waals surface area contributed by atoms with Gasteiger partial charge in [-0.15, -0.1) is 5.10 Å². The molecule has 2 rings (SSSR count). The molecule has 8 heteroatoms. The molecular weight excluding hydrogens is 294 g/mol. The summed E-state index contributed by atoms with van der Waals surface area (Å²) >= 11 is 0. The Morgan fingerprint density at radius 1 is 1.24 bits per heavy atom. The van der Waals surface area contributed by atoms with Gasteiger partial charge in [0.2, 0.25) is 15.7 Å². The molecule has 0 spiro atoms. The smallest absolute Gasteiger partial charge is 0.335 e. The Morgan fingerprint density at radius 2 is 1.95 bits per heavy atom. The molecule has 0 aliphatic rings. The molecule has 0 radical (unpaired) electrons. The fourth-order valence-electron chi connectivity index (χ4n) is 1.60. The van der Waals surface area contributed by atoms with E-state index in [0.29, 0.717) is 5.56 Å². The first kappa shape index (κ1) is 15.2. The Hall–Kier alpha value is -2.22. The molecule has 1 aromatic heterocycles. The average molecular weight is 309 g/mol. The molecule has 21 heavy (non-hydrogen) atoms. The molecule has 1 N–H and O–H groups in total. The standard InChI is InChI=1S/C13H15N3O4S/c1-8-4-5-10(6-9(8)2)12(17)14-7-11-15-16-13(20-11)21(3,18)19/h4-6H,7H2,1-3H3,(H,14,17). The molecule has 0 saturated heterocycles. The van der Waals surface area contributed by atoms with Crippen LogP contribution in [0.3, 0.4) is 0 Å². The maximum atomic E-state index is 12.0. The van der Waals surface area contributed by atoms with Crippen molar-refractivity contribution in [2.45, 2.75) is 25.6 Å². The summed E-state index contributed by atoms with van der Waals surface area (Å²) in [5.41, 5.74) is 2.63. The van der Waals surface area contributed by atoms with E-state index in [9.17, 15) is 13.2 Å². The van der Waals surface area contributed by atoms with Gasteiger partial charge < -0.3 is 9.73 Å². The summed E-state index contributed by atoms with van der Waals surface area (Å²) in [7, 11) is -3.54. The Balaban J connectivity index is 2.04. The van der Waals surface area contributed by atoms with Crippen LogP contribution in [0, 0.1) is 13.8 Å². The van der Waals surface area contributed by atoms with Crippen LogP contribution >= 0.6 is 0 Å². The zero-order valence-corrected chi connectivity index (χ0v) is 12.7. The number of sulfone groups is 1. The van der Waals surface area contributed by atoms with Gasteiger partial charge in [0, 0.05) is 11.8 Å². The molecule has 0 aliphatic carbocycles. The van der Waals surface area contributed by atoms with Crippen LogP contribution in [0.1, 0.15) is 27.4 Å². The molecule has 0 unspecified atom stereocenters. The SMILES string of the molecule is Cc1ccc(C(=O)NCc2nnc(S(C)(=O)=O)o2)cc1C. The topological polar surface area (TPSA) is 102 Å². The predicted octanol–water partition coefficient (Wildman–Crippen LogP) is 1.02. The first-order valence-electron chi connectivity index (χ1n) is 6.15. The van der Waals surface area contributed by atoms with E-state index in [1.54, 1.807) is 12.1 Å². The number of benzene rings is 1. The molecule has 0 atom stereocenters. The first-order valence-corrected chi connectivity index (χ1v) is 8.04. The number of nitrogens with one attached hydrogen (secondary N) is 1. The van der Waals surface area contributed by atoms with Crippen molar-refractivity contribution >= 4 is 15.7 Å². The number of hydrogen-bond donors (Lipinski definition) is 1. The summed E-state index contributed by atoms with van der Waals surface area (Å²) in [5.74, 6) is -0.259. The molecule has 1 heterocycles. The lowest BCUT2D eigenvalue weighted by Crippen LogP contribution is -2.23. The molecule has 1 amide bonds. The molecule has 7 nitrogen and oxygen atoms in total. The Morgan fingerprint density at radius 3 is 2.52 bits per heavy atom. The Bertz CT molecular complexity index is 780. The fraction of sp³-hybridized carbons (Fsp3) is 0.308. The van der Waals surface area contributed by atoms with Crippen LogP contribution in [0.2, 0.25) is 0 Å². The van der Waals surface area contributed by atoms with E-state index in [-0.39, 0.29) is 18.3 Å². The number of aryl methyl sites for hydroxylation is 2. The lowest BCUT2D eigenvalue weighted by Gasteiger charge is -2.05. The third-order valence-electron chi connectivity index (χ3n) is 2.93. The second-order valence-corrected chi connectivity index (χ2v) is 6.61. The number of carbonyl (C=O) groups is 1. The van der Waals surface area contributed by atoms with Crippen molar-refractivity contribution in [3.8, 4) is 0 Å². The van der Waals surface area contributed by atoms with E-state index >= 15 is 0 Å². The van der Waals surface area contributed by atoms with Crippen LogP contribution in [-0.4, -0.2) is 30.8 Å². The van der Waals surface area contributed by atoms with Crippen LogP contribution in [0.5, 0.6) is 0 Å². The fourth-order valence-corrected chi connectivity index (χ4v) is 2.04. The minimum Gasteiger partial charge on any atom is -0.411 e. The maximum Gasteiger partial charge on any atom is 0.335 e. The van der Waals surface area contributed by atoms with Crippen LogP contribution in [-0.2, 0) is 16.4 Å². The van der Waals surface area contributed by atoms with Gasteiger partial charge in [-0.1, -0.05) is 11.2 Å². The Kier molecular flexibility index (Phi) is 4.08. The van der Waals surface area contributed by atoms with Gasteiger partial charge in [0.25, 0.3) is 5.91 Å². The lowest BCUT2D eigenvalue weighted by molar-refractivity contribution is 0.0946.